The molecule has 3 nitrogen and oxygen atoms in total. The monoisotopic (exact) mass is 341 g/mol. The van der Waals surface area contributed by atoms with E-state index in [0.717, 1.165) is 29.5 Å². The Hall–Kier alpha value is -1.37. The Morgan fingerprint density at radius 2 is 1.96 bits per heavy atom. The van der Waals surface area contributed by atoms with Gasteiger partial charge in [-0.05, 0) is 44.1 Å². The number of aromatic nitrogens is 2. The summed E-state index contributed by atoms with van der Waals surface area (Å²) in [7, 11) is 0. The van der Waals surface area contributed by atoms with Crippen molar-refractivity contribution in [3.63, 3.8) is 0 Å². The Labute approximate surface area is 136 Å². The summed E-state index contributed by atoms with van der Waals surface area (Å²) in [5.41, 5.74) is 1.28. The van der Waals surface area contributed by atoms with Crippen LogP contribution in [-0.4, -0.2) is 29.2 Å². The van der Waals surface area contributed by atoms with E-state index in [1.165, 1.54) is 23.2 Å². The van der Waals surface area contributed by atoms with Crippen LogP contribution in [0.3, 0.4) is 0 Å². The molecule has 0 amide bonds. The van der Waals surface area contributed by atoms with Crippen LogP contribution in [-0.2, 0) is 12.8 Å². The lowest BCUT2D eigenvalue weighted by Gasteiger charge is -2.34. The van der Waals surface area contributed by atoms with Gasteiger partial charge in [0.25, 0.3) is 0 Å². The van der Waals surface area contributed by atoms with Gasteiger partial charge in [0, 0.05) is 18.0 Å². The zero-order valence-corrected chi connectivity index (χ0v) is 13.5. The number of halogens is 3. The van der Waals surface area contributed by atoms with Crippen LogP contribution in [0.1, 0.15) is 36.1 Å². The summed E-state index contributed by atoms with van der Waals surface area (Å²) in [4.78, 5) is 12.8. The van der Waals surface area contributed by atoms with E-state index in [9.17, 15) is 13.2 Å². The molecule has 7 heteroatoms. The third kappa shape index (κ3) is 2.69. The molecule has 1 aliphatic carbocycles. The first-order chi connectivity index (χ1) is 11.0. The minimum absolute atomic E-state index is 0.0141. The predicted octanol–water partition coefficient (Wildman–Crippen LogP) is 4.35. The normalized spacial score (nSPS) is 22.4. The second-order valence-electron chi connectivity index (χ2n) is 6.42. The lowest BCUT2D eigenvalue weighted by atomic mass is 9.95. The Morgan fingerprint density at radius 3 is 2.78 bits per heavy atom. The number of fused-ring (bicyclic) bond motifs is 3. The highest BCUT2D eigenvalue weighted by atomic mass is 32.1. The maximum atomic E-state index is 13.1. The largest absolute Gasteiger partial charge is 0.393 e. The molecular weight excluding hydrogens is 323 g/mol. The fourth-order valence-electron chi connectivity index (χ4n) is 3.75. The van der Waals surface area contributed by atoms with E-state index in [1.807, 2.05) is 4.90 Å². The molecule has 0 N–H and O–H groups in total. The Kier molecular flexibility index (Phi) is 3.70. The molecule has 0 aromatic carbocycles. The Bertz CT molecular complexity index is 725. The highest BCUT2D eigenvalue weighted by Crippen LogP contribution is 2.41. The van der Waals surface area contributed by atoms with Crippen molar-refractivity contribution in [3.8, 4) is 0 Å². The van der Waals surface area contributed by atoms with E-state index in [1.54, 1.807) is 11.3 Å². The van der Waals surface area contributed by atoms with Gasteiger partial charge in [0.05, 0.1) is 11.3 Å². The quantitative estimate of drug-likeness (QED) is 0.772. The first kappa shape index (κ1) is 15.2. The Balaban J connectivity index is 1.75. The summed E-state index contributed by atoms with van der Waals surface area (Å²) in [6.45, 7) is 0.656. The van der Waals surface area contributed by atoms with Crippen LogP contribution in [0.4, 0.5) is 19.0 Å². The standard InChI is InChI=1S/C16H18F3N3S/c17-16(18,19)10-4-3-7-22(8-10)14-13-11-5-1-2-6-12(11)23-15(13)21-9-20-14/h9-10H,1-8H2. The molecule has 1 aliphatic heterocycles. The molecule has 0 bridgehead atoms. The molecule has 0 saturated carbocycles. The van der Waals surface area contributed by atoms with Gasteiger partial charge in [-0.25, -0.2) is 9.97 Å². The Morgan fingerprint density at radius 1 is 1.13 bits per heavy atom. The van der Waals surface area contributed by atoms with Crippen LogP contribution in [0.5, 0.6) is 0 Å². The number of hydrogen-bond acceptors (Lipinski definition) is 4. The number of thiophene rings is 1. The fourth-order valence-corrected chi connectivity index (χ4v) is 4.97. The van der Waals surface area contributed by atoms with Crippen molar-refractivity contribution >= 4 is 27.4 Å². The first-order valence-corrected chi connectivity index (χ1v) is 8.92. The van der Waals surface area contributed by atoms with Gasteiger partial charge in [-0.3, -0.25) is 0 Å². The lowest BCUT2D eigenvalue weighted by molar-refractivity contribution is -0.176. The number of rotatable bonds is 1. The van der Waals surface area contributed by atoms with E-state index < -0.39 is 12.1 Å². The highest BCUT2D eigenvalue weighted by Gasteiger charge is 2.42. The first-order valence-electron chi connectivity index (χ1n) is 8.11. The molecular formula is C16H18F3N3S. The molecule has 1 unspecified atom stereocenters. The van der Waals surface area contributed by atoms with Crippen LogP contribution in [0, 0.1) is 5.92 Å². The van der Waals surface area contributed by atoms with E-state index >= 15 is 0 Å². The van der Waals surface area contributed by atoms with Crippen molar-refractivity contribution in [1.82, 2.24) is 9.97 Å². The molecule has 2 aliphatic rings. The molecule has 124 valence electrons. The second-order valence-corrected chi connectivity index (χ2v) is 7.50. The minimum Gasteiger partial charge on any atom is -0.355 e. The smallest absolute Gasteiger partial charge is 0.355 e. The number of aryl methyl sites for hydroxylation is 2. The summed E-state index contributed by atoms with van der Waals surface area (Å²) in [5.74, 6) is -0.543. The molecule has 0 radical (unpaired) electrons. The van der Waals surface area contributed by atoms with E-state index in [0.29, 0.717) is 18.8 Å². The van der Waals surface area contributed by atoms with Crippen molar-refractivity contribution in [1.29, 1.82) is 0 Å². The van der Waals surface area contributed by atoms with Crippen molar-refractivity contribution in [3.05, 3.63) is 16.8 Å². The minimum atomic E-state index is -4.13. The van der Waals surface area contributed by atoms with Gasteiger partial charge in [-0.1, -0.05) is 0 Å². The number of piperidine rings is 1. The maximum Gasteiger partial charge on any atom is 0.393 e. The maximum absolute atomic E-state index is 13.1. The van der Waals surface area contributed by atoms with E-state index in [-0.39, 0.29) is 13.0 Å². The van der Waals surface area contributed by atoms with Gasteiger partial charge in [-0.15, -0.1) is 11.3 Å². The number of hydrogen-bond donors (Lipinski definition) is 0. The molecule has 1 saturated heterocycles. The van der Waals surface area contributed by atoms with Crippen LogP contribution in [0.15, 0.2) is 6.33 Å². The van der Waals surface area contributed by atoms with Crippen molar-refractivity contribution in [2.24, 2.45) is 5.92 Å². The zero-order chi connectivity index (χ0) is 16.0. The molecule has 1 fully saturated rings. The topological polar surface area (TPSA) is 29.0 Å². The summed E-state index contributed by atoms with van der Waals surface area (Å²) < 4.78 is 39.3. The zero-order valence-electron chi connectivity index (χ0n) is 12.7. The third-order valence-electron chi connectivity index (χ3n) is 4.92. The molecule has 23 heavy (non-hydrogen) atoms. The summed E-state index contributed by atoms with van der Waals surface area (Å²) in [6.07, 6.45) is 2.52. The van der Waals surface area contributed by atoms with Gasteiger partial charge in [0.2, 0.25) is 0 Å². The van der Waals surface area contributed by atoms with Crippen LogP contribution >= 0.6 is 11.3 Å². The molecule has 4 rings (SSSR count). The van der Waals surface area contributed by atoms with Crippen LogP contribution in [0.2, 0.25) is 0 Å². The third-order valence-corrected chi connectivity index (χ3v) is 6.11. The summed E-state index contributed by atoms with van der Waals surface area (Å²) in [6, 6.07) is 0. The second kappa shape index (κ2) is 5.61. The average molecular weight is 341 g/mol. The van der Waals surface area contributed by atoms with Gasteiger partial charge in [0.15, 0.2) is 0 Å². The van der Waals surface area contributed by atoms with Gasteiger partial charge >= 0.3 is 6.18 Å². The van der Waals surface area contributed by atoms with Crippen molar-refractivity contribution < 1.29 is 13.2 Å². The van der Waals surface area contributed by atoms with Gasteiger partial charge in [0.1, 0.15) is 17.0 Å². The lowest BCUT2D eigenvalue weighted by Crippen LogP contribution is -2.42. The van der Waals surface area contributed by atoms with Crippen LogP contribution in [0.25, 0.3) is 10.2 Å². The summed E-state index contributed by atoms with van der Waals surface area (Å²) in [5, 5.41) is 1.01. The molecule has 2 aromatic heterocycles. The molecule has 0 spiro atoms. The predicted molar refractivity (Wildman–Crippen MR) is 85.0 cm³/mol. The summed E-state index contributed by atoms with van der Waals surface area (Å²) >= 11 is 1.68. The van der Waals surface area contributed by atoms with Crippen molar-refractivity contribution in [2.75, 3.05) is 18.0 Å². The van der Waals surface area contributed by atoms with Crippen molar-refractivity contribution in [2.45, 2.75) is 44.7 Å². The average Bonchev–Trinajstić information content (AvgIpc) is 2.93. The van der Waals surface area contributed by atoms with E-state index in [2.05, 4.69) is 9.97 Å². The fraction of sp³-hybridized carbons (Fsp3) is 0.625. The highest BCUT2D eigenvalue weighted by molar-refractivity contribution is 7.19. The van der Waals surface area contributed by atoms with E-state index in [4.69, 9.17) is 0 Å². The molecule has 2 aromatic rings. The molecule has 3 heterocycles. The number of alkyl halides is 3. The number of anilines is 1. The van der Waals surface area contributed by atoms with Crippen LogP contribution < -0.4 is 4.90 Å². The van der Waals surface area contributed by atoms with Gasteiger partial charge in [-0.2, -0.15) is 13.2 Å². The number of nitrogens with zero attached hydrogens (tertiary/aromatic N) is 3. The SMILES string of the molecule is FC(F)(F)C1CCCN(c2ncnc3sc4c(c23)CCCC4)C1. The van der Waals surface area contributed by atoms with Gasteiger partial charge < -0.3 is 4.90 Å². The molecule has 1 atom stereocenters.